The zero-order chi connectivity index (χ0) is 20.9. The van der Waals surface area contributed by atoms with Gasteiger partial charge in [-0.15, -0.1) is 0 Å². The van der Waals surface area contributed by atoms with Gasteiger partial charge in [0, 0.05) is 12.6 Å². The van der Waals surface area contributed by atoms with Crippen molar-refractivity contribution in [1.29, 1.82) is 0 Å². The fourth-order valence-corrected chi connectivity index (χ4v) is 3.55. The maximum absolute atomic E-state index is 13.2. The van der Waals surface area contributed by atoms with Gasteiger partial charge >= 0.3 is 12.0 Å². The second kappa shape index (κ2) is 9.09. The van der Waals surface area contributed by atoms with Gasteiger partial charge in [0.15, 0.2) is 0 Å². The van der Waals surface area contributed by atoms with Gasteiger partial charge in [0.05, 0.1) is 6.54 Å². The molecule has 0 bridgehead atoms. The predicted octanol–water partition coefficient (Wildman–Crippen LogP) is 3.05. The molecule has 0 saturated carbocycles. The van der Waals surface area contributed by atoms with Crippen LogP contribution < -0.4 is 5.32 Å². The monoisotopic (exact) mass is 396 g/mol. The minimum absolute atomic E-state index is 0.0340. The molecule has 0 aliphatic carbocycles. The molecule has 2 amide bonds. The summed E-state index contributed by atoms with van der Waals surface area (Å²) in [6, 6.07) is 17.4. The van der Waals surface area contributed by atoms with E-state index in [4.69, 9.17) is 4.74 Å². The van der Waals surface area contributed by atoms with E-state index in [2.05, 4.69) is 5.32 Å². The number of piperidine rings is 1. The number of aliphatic hydroxyl groups is 1. The highest BCUT2D eigenvalue weighted by atomic mass is 16.6. The van der Waals surface area contributed by atoms with Crippen LogP contribution in [0.4, 0.5) is 4.79 Å². The number of nitrogens with one attached hydrogen (secondary N) is 1. The van der Waals surface area contributed by atoms with Gasteiger partial charge in [-0.05, 0) is 37.8 Å². The van der Waals surface area contributed by atoms with Crippen molar-refractivity contribution in [3.05, 3.63) is 71.8 Å². The van der Waals surface area contributed by atoms with Crippen LogP contribution in [0.3, 0.4) is 0 Å². The molecule has 29 heavy (non-hydrogen) atoms. The van der Waals surface area contributed by atoms with E-state index in [0.29, 0.717) is 30.6 Å². The molecule has 1 heterocycles. The highest BCUT2D eigenvalue weighted by Crippen LogP contribution is 2.32. The summed E-state index contributed by atoms with van der Waals surface area (Å²) < 4.78 is 5.74. The van der Waals surface area contributed by atoms with E-state index >= 15 is 0 Å². The van der Waals surface area contributed by atoms with Gasteiger partial charge in [0.25, 0.3) is 0 Å². The third-order valence-corrected chi connectivity index (χ3v) is 5.03. The van der Waals surface area contributed by atoms with Gasteiger partial charge in [-0.2, -0.15) is 0 Å². The summed E-state index contributed by atoms with van der Waals surface area (Å²) in [5.41, 5.74) is -1.02. The summed E-state index contributed by atoms with van der Waals surface area (Å²) in [7, 11) is 0. The van der Waals surface area contributed by atoms with Gasteiger partial charge in [0.2, 0.25) is 5.60 Å². The first kappa shape index (κ1) is 20.9. The van der Waals surface area contributed by atoms with Gasteiger partial charge < -0.3 is 20.1 Å². The standard InChI is InChI=1S/C23H28N2O4/c1-17(2)24-22(27)25-15-9-14-20(16-25)29-21(26)23(28,18-10-5-3-6-11-18)19-12-7-4-8-13-19/h3-8,10-13,17,20,28H,9,14-16H2,1-2H3,(H,24,27). The third kappa shape index (κ3) is 4.77. The van der Waals surface area contributed by atoms with Crippen LogP contribution in [0.1, 0.15) is 37.8 Å². The van der Waals surface area contributed by atoms with Crippen molar-refractivity contribution in [1.82, 2.24) is 10.2 Å². The molecule has 1 aliphatic rings. The second-order valence-electron chi connectivity index (χ2n) is 7.66. The smallest absolute Gasteiger partial charge is 0.348 e. The lowest BCUT2D eigenvalue weighted by molar-refractivity contribution is -0.169. The molecule has 0 aromatic heterocycles. The Hall–Kier alpha value is -2.86. The van der Waals surface area contributed by atoms with E-state index in [0.717, 1.165) is 6.42 Å². The van der Waals surface area contributed by atoms with E-state index in [1.165, 1.54) is 0 Å². The number of ether oxygens (including phenoxy) is 1. The molecule has 2 N–H and O–H groups in total. The van der Waals surface area contributed by atoms with Crippen molar-refractivity contribution in [2.75, 3.05) is 13.1 Å². The molecule has 1 fully saturated rings. The van der Waals surface area contributed by atoms with Crippen molar-refractivity contribution < 1.29 is 19.4 Å². The SMILES string of the molecule is CC(C)NC(=O)N1CCCC(OC(=O)C(O)(c2ccccc2)c2ccccc2)C1. The van der Waals surface area contributed by atoms with Crippen LogP contribution in [-0.2, 0) is 15.1 Å². The number of amides is 2. The molecule has 6 heteroatoms. The van der Waals surface area contributed by atoms with Crippen LogP contribution in [-0.4, -0.2) is 47.2 Å². The maximum Gasteiger partial charge on any atom is 0.348 e. The minimum atomic E-state index is -1.91. The predicted molar refractivity (Wildman–Crippen MR) is 110 cm³/mol. The number of nitrogens with zero attached hydrogens (tertiary/aromatic N) is 1. The normalized spacial score (nSPS) is 17.1. The Bertz CT molecular complexity index is 784. The molecule has 1 unspecified atom stereocenters. The Morgan fingerprint density at radius 3 is 2.14 bits per heavy atom. The highest BCUT2D eigenvalue weighted by molar-refractivity contribution is 5.85. The lowest BCUT2D eigenvalue weighted by atomic mass is 9.86. The van der Waals surface area contributed by atoms with Crippen molar-refractivity contribution in [3.63, 3.8) is 0 Å². The quantitative estimate of drug-likeness (QED) is 0.762. The van der Waals surface area contributed by atoms with Crippen LogP contribution in [0.2, 0.25) is 0 Å². The number of hydrogen-bond acceptors (Lipinski definition) is 4. The summed E-state index contributed by atoms with van der Waals surface area (Å²) in [6.45, 7) is 4.73. The molecule has 1 atom stereocenters. The van der Waals surface area contributed by atoms with Crippen molar-refractivity contribution in [2.45, 2.75) is 44.4 Å². The maximum atomic E-state index is 13.2. The van der Waals surface area contributed by atoms with Crippen molar-refractivity contribution in [2.24, 2.45) is 0 Å². The van der Waals surface area contributed by atoms with Crippen LogP contribution in [0, 0.1) is 0 Å². The average molecular weight is 396 g/mol. The van der Waals surface area contributed by atoms with E-state index in [1.54, 1.807) is 53.4 Å². The molecule has 1 aliphatic heterocycles. The Kier molecular flexibility index (Phi) is 6.54. The van der Waals surface area contributed by atoms with E-state index < -0.39 is 17.7 Å². The average Bonchev–Trinajstić information content (AvgIpc) is 2.74. The summed E-state index contributed by atoms with van der Waals surface area (Å²) in [6.07, 6.45) is 0.920. The van der Waals surface area contributed by atoms with Crippen LogP contribution in [0.15, 0.2) is 60.7 Å². The topological polar surface area (TPSA) is 78.9 Å². The zero-order valence-corrected chi connectivity index (χ0v) is 16.9. The van der Waals surface area contributed by atoms with Crippen LogP contribution in [0.5, 0.6) is 0 Å². The molecular formula is C23H28N2O4. The molecular weight excluding hydrogens is 368 g/mol. The zero-order valence-electron chi connectivity index (χ0n) is 16.9. The molecule has 3 rings (SSSR count). The number of benzene rings is 2. The highest BCUT2D eigenvalue weighted by Gasteiger charge is 2.43. The minimum Gasteiger partial charge on any atom is -0.458 e. The van der Waals surface area contributed by atoms with Gasteiger partial charge in [0.1, 0.15) is 6.10 Å². The van der Waals surface area contributed by atoms with Gasteiger partial charge in [-0.3, -0.25) is 0 Å². The number of hydrogen-bond donors (Lipinski definition) is 2. The third-order valence-electron chi connectivity index (χ3n) is 5.03. The van der Waals surface area contributed by atoms with Crippen LogP contribution in [0.25, 0.3) is 0 Å². The van der Waals surface area contributed by atoms with Gasteiger partial charge in [-0.25, -0.2) is 9.59 Å². The Balaban J connectivity index is 1.80. The Morgan fingerprint density at radius 2 is 1.62 bits per heavy atom. The Morgan fingerprint density at radius 1 is 1.07 bits per heavy atom. The second-order valence-corrected chi connectivity index (χ2v) is 7.66. The van der Waals surface area contributed by atoms with Crippen molar-refractivity contribution >= 4 is 12.0 Å². The first-order chi connectivity index (χ1) is 13.9. The molecule has 2 aromatic carbocycles. The lowest BCUT2D eigenvalue weighted by Gasteiger charge is -2.35. The molecule has 0 radical (unpaired) electrons. The molecule has 0 spiro atoms. The van der Waals surface area contributed by atoms with Crippen LogP contribution >= 0.6 is 0 Å². The number of carbonyl (C=O) groups is 2. The first-order valence-corrected chi connectivity index (χ1v) is 10.0. The summed E-state index contributed by atoms with van der Waals surface area (Å²) in [5.74, 6) is -0.731. The Labute approximate surface area is 171 Å². The van der Waals surface area contributed by atoms with E-state index in [9.17, 15) is 14.7 Å². The van der Waals surface area contributed by atoms with E-state index in [-0.39, 0.29) is 12.1 Å². The fraction of sp³-hybridized carbons (Fsp3) is 0.391. The largest absolute Gasteiger partial charge is 0.458 e. The summed E-state index contributed by atoms with van der Waals surface area (Å²) in [5, 5.41) is 14.3. The number of carbonyl (C=O) groups excluding carboxylic acids is 2. The van der Waals surface area contributed by atoms with E-state index in [1.807, 2.05) is 26.0 Å². The lowest BCUT2D eigenvalue weighted by Crippen LogP contribution is -2.51. The first-order valence-electron chi connectivity index (χ1n) is 10.0. The number of esters is 1. The fourth-order valence-electron chi connectivity index (χ4n) is 3.55. The molecule has 154 valence electrons. The number of urea groups is 1. The number of likely N-dealkylation sites (tertiary alicyclic amines) is 1. The van der Waals surface area contributed by atoms with Gasteiger partial charge in [-0.1, -0.05) is 60.7 Å². The number of rotatable bonds is 5. The summed E-state index contributed by atoms with van der Waals surface area (Å²) >= 11 is 0. The molecule has 1 saturated heterocycles. The van der Waals surface area contributed by atoms with Crippen molar-refractivity contribution in [3.8, 4) is 0 Å². The summed E-state index contributed by atoms with van der Waals surface area (Å²) in [4.78, 5) is 27.2. The molecule has 2 aromatic rings. The molecule has 6 nitrogen and oxygen atoms in total.